The maximum Gasteiger partial charge on any atom is 0.161 e. The van der Waals surface area contributed by atoms with Crippen LogP contribution in [0.1, 0.15) is 0 Å². The molecule has 1 N–H and O–H groups in total. The standard InChI is InChI=1S/C23H25NO4/c1-25-22-12-5-6-13-23(22)28-15-14-24-19-8-7-11-21(18-19)27-17-16-26-20-9-3-2-4-10-20/h2-13,18,24H,14-17H2,1H3. The molecule has 0 saturated heterocycles. The van der Waals surface area contributed by atoms with E-state index in [1.165, 1.54) is 0 Å². The van der Waals surface area contributed by atoms with Crippen LogP contribution in [0.2, 0.25) is 0 Å². The molecule has 5 heteroatoms. The zero-order chi connectivity index (χ0) is 19.4. The van der Waals surface area contributed by atoms with Gasteiger partial charge >= 0.3 is 0 Å². The fourth-order valence-electron chi connectivity index (χ4n) is 2.63. The van der Waals surface area contributed by atoms with Gasteiger partial charge in [0.15, 0.2) is 11.5 Å². The molecule has 146 valence electrons. The lowest BCUT2D eigenvalue weighted by atomic mass is 10.3. The minimum absolute atomic E-state index is 0.481. The van der Waals surface area contributed by atoms with E-state index in [0.29, 0.717) is 26.4 Å². The lowest BCUT2D eigenvalue weighted by Crippen LogP contribution is -2.12. The third-order valence-electron chi connectivity index (χ3n) is 3.96. The molecule has 5 nitrogen and oxygen atoms in total. The van der Waals surface area contributed by atoms with Crippen molar-refractivity contribution in [1.29, 1.82) is 0 Å². The van der Waals surface area contributed by atoms with Gasteiger partial charge in [0, 0.05) is 18.3 Å². The molecule has 3 aromatic carbocycles. The van der Waals surface area contributed by atoms with E-state index < -0.39 is 0 Å². The molecule has 0 amide bonds. The predicted octanol–water partition coefficient (Wildman–Crippen LogP) is 4.64. The predicted molar refractivity (Wildman–Crippen MR) is 111 cm³/mol. The summed E-state index contributed by atoms with van der Waals surface area (Å²) >= 11 is 0. The van der Waals surface area contributed by atoms with Crippen molar-refractivity contribution in [2.45, 2.75) is 0 Å². The summed E-state index contributed by atoms with van der Waals surface area (Å²) in [6.07, 6.45) is 0. The molecule has 3 rings (SSSR count). The molecular weight excluding hydrogens is 354 g/mol. The number of anilines is 1. The fourth-order valence-corrected chi connectivity index (χ4v) is 2.63. The van der Waals surface area contributed by atoms with Crippen molar-refractivity contribution in [2.75, 3.05) is 38.8 Å². The fraction of sp³-hybridized carbons (Fsp3) is 0.217. The van der Waals surface area contributed by atoms with Gasteiger partial charge in [0.25, 0.3) is 0 Å². The van der Waals surface area contributed by atoms with Gasteiger partial charge in [-0.2, -0.15) is 0 Å². The van der Waals surface area contributed by atoms with Gasteiger partial charge in [-0.25, -0.2) is 0 Å². The number of benzene rings is 3. The van der Waals surface area contributed by atoms with E-state index >= 15 is 0 Å². The van der Waals surface area contributed by atoms with Crippen LogP contribution in [0.5, 0.6) is 23.0 Å². The summed E-state index contributed by atoms with van der Waals surface area (Å²) in [5.74, 6) is 3.11. The highest BCUT2D eigenvalue weighted by atomic mass is 16.5. The Balaban J connectivity index is 1.38. The molecule has 0 atom stereocenters. The van der Waals surface area contributed by atoms with Crippen molar-refractivity contribution in [2.24, 2.45) is 0 Å². The SMILES string of the molecule is COc1ccccc1OCCNc1cccc(OCCOc2ccccc2)c1. The summed E-state index contributed by atoms with van der Waals surface area (Å²) < 4.78 is 22.4. The molecule has 3 aromatic rings. The molecule has 0 aromatic heterocycles. The third-order valence-corrected chi connectivity index (χ3v) is 3.96. The van der Waals surface area contributed by atoms with E-state index in [1.54, 1.807) is 7.11 Å². The second kappa shape index (κ2) is 10.7. The second-order valence-electron chi connectivity index (χ2n) is 5.96. The van der Waals surface area contributed by atoms with Crippen molar-refractivity contribution in [1.82, 2.24) is 0 Å². The van der Waals surface area contributed by atoms with Gasteiger partial charge in [-0.1, -0.05) is 36.4 Å². The minimum Gasteiger partial charge on any atom is -0.493 e. The molecule has 0 radical (unpaired) electrons. The first kappa shape index (κ1) is 19.4. The number of rotatable bonds is 11. The lowest BCUT2D eigenvalue weighted by Gasteiger charge is -2.12. The van der Waals surface area contributed by atoms with Crippen molar-refractivity contribution in [3.05, 3.63) is 78.9 Å². The number of para-hydroxylation sites is 3. The van der Waals surface area contributed by atoms with Crippen LogP contribution in [0.15, 0.2) is 78.9 Å². The maximum absolute atomic E-state index is 5.77. The highest BCUT2D eigenvalue weighted by molar-refractivity contribution is 5.48. The zero-order valence-corrected chi connectivity index (χ0v) is 16.0. The largest absolute Gasteiger partial charge is 0.493 e. The van der Waals surface area contributed by atoms with Crippen LogP contribution in [0, 0.1) is 0 Å². The molecule has 0 fully saturated rings. The summed E-state index contributed by atoms with van der Waals surface area (Å²) in [4.78, 5) is 0. The summed E-state index contributed by atoms with van der Waals surface area (Å²) in [5.41, 5.74) is 0.977. The average molecular weight is 379 g/mol. The van der Waals surface area contributed by atoms with Gasteiger partial charge in [0.05, 0.1) is 7.11 Å². The first-order valence-electron chi connectivity index (χ1n) is 9.25. The zero-order valence-electron chi connectivity index (χ0n) is 16.0. The lowest BCUT2D eigenvalue weighted by molar-refractivity contribution is 0.217. The van der Waals surface area contributed by atoms with E-state index in [4.69, 9.17) is 18.9 Å². The number of methoxy groups -OCH3 is 1. The van der Waals surface area contributed by atoms with Crippen molar-refractivity contribution in [3.63, 3.8) is 0 Å². The van der Waals surface area contributed by atoms with Gasteiger partial charge in [-0.3, -0.25) is 0 Å². The van der Waals surface area contributed by atoms with Gasteiger partial charge in [0.2, 0.25) is 0 Å². The van der Waals surface area contributed by atoms with Crippen LogP contribution >= 0.6 is 0 Å². The van der Waals surface area contributed by atoms with Crippen molar-refractivity contribution < 1.29 is 18.9 Å². The normalized spacial score (nSPS) is 10.2. The molecule has 0 aliphatic rings. The van der Waals surface area contributed by atoms with Crippen molar-refractivity contribution >= 4 is 5.69 Å². The summed E-state index contributed by atoms with van der Waals surface area (Å²) in [6, 6.07) is 25.2. The quantitative estimate of drug-likeness (QED) is 0.492. The van der Waals surface area contributed by atoms with Crippen LogP contribution in [0.25, 0.3) is 0 Å². The molecule has 0 saturated carbocycles. The van der Waals surface area contributed by atoms with E-state index in [1.807, 2.05) is 78.9 Å². The average Bonchev–Trinajstić information content (AvgIpc) is 2.76. The molecule has 0 spiro atoms. The van der Waals surface area contributed by atoms with E-state index in [9.17, 15) is 0 Å². The van der Waals surface area contributed by atoms with E-state index in [-0.39, 0.29) is 0 Å². The van der Waals surface area contributed by atoms with Crippen LogP contribution in [0.3, 0.4) is 0 Å². The molecule has 0 heterocycles. The van der Waals surface area contributed by atoms with Crippen LogP contribution in [-0.4, -0.2) is 33.5 Å². The first-order chi connectivity index (χ1) is 13.8. The smallest absolute Gasteiger partial charge is 0.161 e. The summed E-state index contributed by atoms with van der Waals surface area (Å²) in [7, 11) is 1.64. The minimum atomic E-state index is 0.481. The van der Waals surface area contributed by atoms with E-state index in [2.05, 4.69) is 5.32 Å². The van der Waals surface area contributed by atoms with Crippen molar-refractivity contribution in [3.8, 4) is 23.0 Å². The molecule has 0 bridgehead atoms. The Kier molecular flexibility index (Phi) is 7.44. The van der Waals surface area contributed by atoms with Crippen LogP contribution in [0.4, 0.5) is 5.69 Å². The first-order valence-corrected chi connectivity index (χ1v) is 9.25. The van der Waals surface area contributed by atoms with E-state index in [0.717, 1.165) is 28.7 Å². The highest BCUT2D eigenvalue weighted by Crippen LogP contribution is 2.25. The monoisotopic (exact) mass is 379 g/mol. The maximum atomic E-state index is 5.77. The van der Waals surface area contributed by atoms with Gasteiger partial charge in [-0.15, -0.1) is 0 Å². The Morgan fingerprint density at radius 2 is 1.32 bits per heavy atom. The van der Waals surface area contributed by atoms with Gasteiger partial charge in [0.1, 0.15) is 31.3 Å². The summed E-state index contributed by atoms with van der Waals surface area (Å²) in [6.45, 7) is 2.17. The third kappa shape index (κ3) is 6.13. The Morgan fingerprint density at radius 3 is 2.11 bits per heavy atom. The molecule has 28 heavy (non-hydrogen) atoms. The molecule has 0 unspecified atom stereocenters. The number of hydrogen-bond acceptors (Lipinski definition) is 5. The Morgan fingerprint density at radius 1 is 0.643 bits per heavy atom. The topological polar surface area (TPSA) is 49.0 Å². The number of hydrogen-bond donors (Lipinski definition) is 1. The Hall–Kier alpha value is -3.34. The Labute approximate surface area is 165 Å². The van der Waals surface area contributed by atoms with Crippen LogP contribution in [-0.2, 0) is 0 Å². The van der Waals surface area contributed by atoms with Crippen LogP contribution < -0.4 is 24.3 Å². The summed E-state index contributed by atoms with van der Waals surface area (Å²) in [5, 5.41) is 3.33. The molecule has 0 aliphatic carbocycles. The highest BCUT2D eigenvalue weighted by Gasteiger charge is 2.02. The molecule has 0 aliphatic heterocycles. The Bertz CT molecular complexity index is 839. The van der Waals surface area contributed by atoms with Gasteiger partial charge < -0.3 is 24.3 Å². The number of ether oxygens (including phenoxy) is 4. The second-order valence-corrected chi connectivity index (χ2v) is 5.96. The number of nitrogens with one attached hydrogen (secondary N) is 1. The molecular formula is C23H25NO4. The van der Waals surface area contributed by atoms with Gasteiger partial charge in [-0.05, 0) is 36.4 Å².